The van der Waals surface area contributed by atoms with Crippen molar-refractivity contribution in [3.63, 3.8) is 0 Å². The number of methoxy groups -OCH3 is 1. The minimum absolute atomic E-state index is 0.125. The number of hydrazine groups is 1. The quantitative estimate of drug-likeness (QED) is 0.344. The molecule has 0 fully saturated rings. The monoisotopic (exact) mass is 327 g/mol. The second-order valence-corrected chi connectivity index (χ2v) is 5.19. The maximum atomic E-state index is 11.4. The average molecular weight is 327 g/mol. The van der Waals surface area contributed by atoms with Crippen molar-refractivity contribution in [2.24, 2.45) is 11.1 Å². The number of nitrogens with one attached hydrogen (secondary N) is 1. The van der Waals surface area contributed by atoms with Crippen LogP contribution in [0.1, 0.15) is 27.7 Å². The molecule has 1 aromatic heterocycles. The first-order valence-electron chi connectivity index (χ1n) is 7.12. The molecule has 1 aromatic rings. The first kappa shape index (κ1) is 18.4. The fourth-order valence-corrected chi connectivity index (χ4v) is 1.18. The van der Waals surface area contributed by atoms with Crippen LogP contribution in [0, 0.1) is 5.92 Å². The van der Waals surface area contributed by atoms with E-state index < -0.39 is 6.09 Å². The Bertz CT molecular complexity index is 539. The van der Waals surface area contributed by atoms with Gasteiger partial charge in [-0.2, -0.15) is 9.78 Å². The molecule has 23 heavy (non-hydrogen) atoms. The highest BCUT2D eigenvalue weighted by Gasteiger charge is 2.18. The zero-order chi connectivity index (χ0) is 17.2. The van der Waals surface area contributed by atoms with E-state index in [9.17, 15) is 4.79 Å². The highest BCUT2D eigenvalue weighted by molar-refractivity contribution is 6.27. The first-order chi connectivity index (χ1) is 10.9. The predicted octanol–water partition coefficient (Wildman–Crippen LogP) is 0.807. The van der Waals surface area contributed by atoms with Crippen molar-refractivity contribution in [3.05, 3.63) is 12.7 Å². The first-order valence-corrected chi connectivity index (χ1v) is 7.12. The lowest BCUT2D eigenvalue weighted by molar-refractivity contribution is -0.817. The third-order valence-corrected chi connectivity index (χ3v) is 2.18. The topological polar surface area (TPSA) is 103 Å². The third-order valence-electron chi connectivity index (χ3n) is 2.18. The normalized spacial score (nSPS) is 12.5. The van der Waals surface area contributed by atoms with Gasteiger partial charge in [0.05, 0.1) is 7.11 Å². The molecule has 128 valence electrons. The van der Waals surface area contributed by atoms with Crippen molar-refractivity contribution in [2.45, 2.75) is 33.8 Å². The van der Waals surface area contributed by atoms with E-state index in [1.165, 1.54) is 30.7 Å². The third kappa shape index (κ3) is 7.25. The van der Waals surface area contributed by atoms with Crippen LogP contribution in [-0.2, 0) is 14.4 Å². The average Bonchev–Trinajstić information content (AvgIpc) is 3.02. The minimum atomic E-state index is -0.687. The number of aromatic nitrogens is 3. The van der Waals surface area contributed by atoms with E-state index in [0.717, 1.165) is 4.85 Å². The van der Waals surface area contributed by atoms with E-state index >= 15 is 0 Å². The van der Waals surface area contributed by atoms with Crippen molar-refractivity contribution in [3.8, 4) is 0 Å². The van der Waals surface area contributed by atoms with E-state index in [-0.39, 0.29) is 17.9 Å². The van der Waals surface area contributed by atoms with Gasteiger partial charge >= 0.3 is 6.09 Å². The Hall–Kier alpha value is -2.65. The lowest BCUT2D eigenvalue weighted by atomic mass is 10.2. The summed E-state index contributed by atoms with van der Waals surface area (Å²) >= 11 is 0. The van der Waals surface area contributed by atoms with Crippen LogP contribution in [0.2, 0.25) is 0 Å². The lowest BCUT2D eigenvalue weighted by Crippen LogP contribution is -2.38. The van der Waals surface area contributed by atoms with E-state index in [0.29, 0.717) is 6.61 Å². The van der Waals surface area contributed by atoms with Gasteiger partial charge in [0.2, 0.25) is 0 Å². The van der Waals surface area contributed by atoms with Crippen LogP contribution >= 0.6 is 0 Å². The van der Waals surface area contributed by atoms with Gasteiger partial charge in [-0.1, -0.05) is 19.0 Å². The zero-order valence-corrected chi connectivity index (χ0v) is 14.0. The fraction of sp³-hybridized carbons (Fsp3) is 0.615. The highest BCUT2D eigenvalue weighted by atomic mass is 16.7. The van der Waals surface area contributed by atoms with Crippen molar-refractivity contribution in [1.29, 1.82) is 0 Å². The van der Waals surface area contributed by atoms with E-state index in [1.54, 1.807) is 0 Å². The summed E-state index contributed by atoms with van der Waals surface area (Å²) in [6, 6.07) is 0. The smallest absolute Gasteiger partial charge is 0.449 e. The van der Waals surface area contributed by atoms with Crippen LogP contribution in [0.25, 0.3) is 0 Å². The molecule has 0 aliphatic heterocycles. The molecule has 0 saturated carbocycles. The zero-order valence-electron chi connectivity index (χ0n) is 14.0. The van der Waals surface area contributed by atoms with Crippen LogP contribution in [0.3, 0.4) is 0 Å². The molecule has 0 aliphatic rings. The molecule has 1 rings (SSSR count). The molecule has 0 aromatic carbocycles. The summed E-state index contributed by atoms with van der Waals surface area (Å²) in [4.78, 5) is 27.1. The summed E-state index contributed by atoms with van der Waals surface area (Å²) in [7, 11) is 1.25. The summed E-state index contributed by atoms with van der Waals surface area (Å²) in [5.41, 5.74) is 2.40. The van der Waals surface area contributed by atoms with E-state index in [4.69, 9.17) is 9.68 Å². The Morgan fingerprint density at radius 3 is 2.70 bits per heavy atom. The molecule has 1 amide bonds. The molecule has 0 bridgehead atoms. The molecular weight excluding hydrogens is 304 g/mol. The van der Waals surface area contributed by atoms with Crippen molar-refractivity contribution < 1.29 is 24.1 Å². The minimum Gasteiger partial charge on any atom is -0.449 e. The molecule has 0 radical (unpaired) electrons. The molecule has 1 N–H and O–H groups in total. The fourth-order valence-electron chi connectivity index (χ4n) is 1.18. The molecule has 0 unspecified atom stereocenters. The van der Waals surface area contributed by atoms with Crippen LogP contribution < -0.4 is 5.43 Å². The van der Waals surface area contributed by atoms with Crippen LogP contribution in [0.15, 0.2) is 17.8 Å². The van der Waals surface area contributed by atoms with Gasteiger partial charge < -0.3 is 9.57 Å². The summed E-state index contributed by atoms with van der Waals surface area (Å²) < 4.78 is 5.93. The predicted molar refractivity (Wildman–Crippen MR) is 81.7 cm³/mol. The second-order valence-electron chi connectivity index (χ2n) is 5.19. The number of nitrogens with zero attached hydrogens (tertiary/aromatic N) is 5. The van der Waals surface area contributed by atoms with Gasteiger partial charge in [0.25, 0.3) is 12.1 Å². The number of ether oxygens (including phenoxy) is 1. The lowest BCUT2D eigenvalue weighted by Gasteiger charge is -2.06. The van der Waals surface area contributed by atoms with Gasteiger partial charge in [-0.3, -0.25) is 0 Å². The maximum Gasteiger partial charge on any atom is 0.464 e. The highest BCUT2D eigenvalue weighted by Crippen LogP contribution is 1.94. The Labute approximate surface area is 134 Å². The van der Waals surface area contributed by atoms with E-state index in [2.05, 4.69) is 25.4 Å². The number of hydrazone groups is 1. The Kier molecular flexibility index (Phi) is 7.51. The van der Waals surface area contributed by atoms with Gasteiger partial charge in [-0.15, -0.1) is 0 Å². The molecule has 1 heterocycles. The Morgan fingerprint density at radius 1 is 1.43 bits per heavy atom. The number of rotatable bonds is 7. The van der Waals surface area contributed by atoms with Crippen LogP contribution in [0.5, 0.6) is 0 Å². The SMILES string of the molecule is COC(=O)N[N+](=CC(=NOC(C)C)n1cncn1)OCC(C)C. The van der Waals surface area contributed by atoms with E-state index in [1.807, 2.05) is 27.7 Å². The molecular formula is C13H23N6O4+. The summed E-state index contributed by atoms with van der Waals surface area (Å²) in [6.07, 6.45) is 3.38. The summed E-state index contributed by atoms with van der Waals surface area (Å²) in [5.74, 6) is 0.514. The van der Waals surface area contributed by atoms with Gasteiger partial charge in [-0.05, 0) is 25.2 Å². The largest absolute Gasteiger partial charge is 0.464 e. The van der Waals surface area contributed by atoms with Crippen LogP contribution in [0.4, 0.5) is 4.79 Å². The Morgan fingerprint density at radius 2 is 2.17 bits per heavy atom. The van der Waals surface area contributed by atoms with Gasteiger partial charge in [0.15, 0.2) is 6.61 Å². The van der Waals surface area contributed by atoms with Crippen molar-refractivity contribution in [2.75, 3.05) is 13.7 Å². The molecule has 10 nitrogen and oxygen atoms in total. The van der Waals surface area contributed by atoms with Gasteiger partial charge in [0.1, 0.15) is 23.6 Å². The number of hydrogen-bond donors (Lipinski definition) is 1. The molecule has 0 saturated heterocycles. The molecule has 0 spiro atoms. The number of carbonyl (C=O) groups excluding carboxylic acids is 1. The second kappa shape index (κ2) is 9.38. The van der Waals surface area contributed by atoms with Crippen molar-refractivity contribution in [1.82, 2.24) is 20.2 Å². The van der Waals surface area contributed by atoms with Gasteiger partial charge in [0, 0.05) is 0 Å². The number of amides is 1. The summed E-state index contributed by atoms with van der Waals surface area (Å²) in [6.45, 7) is 8.00. The number of oxime groups is 1. The Balaban J connectivity index is 3.03. The molecule has 0 atom stereocenters. The van der Waals surface area contributed by atoms with Crippen LogP contribution in [-0.4, -0.2) is 57.6 Å². The number of carbonyl (C=O) groups is 1. The standard InChI is InChI=1S/C13H22N6O4/c1-10(2)7-22-19(16-13(20)21-5)6-12(17-23-11(3)4)18-9-14-8-15-18/h6,8-11H,7H2,1-5H3/p+1. The maximum absolute atomic E-state index is 11.4. The molecule has 0 aliphatic carbocycles. The summed E-state index contributed by atoms with van der Waals surface area (Å²) in [5, 5.41) is 7.95. The van der Waals surface area contributed by atoms with Crippen molar-refractivity contribution >= 4 is 18.1 Å². The molecule has 10 heteroatoms. The van der Waals surface area contributed by atoms with Gasteiger partial charge in [-0.25, -0.2) is 14.6 Å². The number of hydrogen-bond acceptors (Lipinski definition) is 7.